The Morgan fingerprint density at radius 2 is 1.71 bits per heavy atom. The van der Waals surface area contributed by atoms with Crippen molar-refractivity contribution in [3.63, 3.8) is 0 Å². The summed E-state index contributed by atoms with van der Waals surface area (Å²) in [7, 11) is 0. The van der Waals surface area contributed by atoms with Gasteiger partial charge in [-0.25, -0.2) is 4.98 Å². The van der Waals surface area contributed by atoms with Gasteiger partial charge in [0.2, 0.25) is 0 Å². The van der Waals surface area contributed by atoms with Crippen molar-refractivity contribution in [3.05, 3.63) is 81.9 Å². The molecule has 0 amide bonds. The molecule has 0 aliphatic carbocycles. The summed E-state index contributed by atoms with van der Waals surface area (Å²) >= 11 is 1.69. The molecule has 1 unspecified atom stereocenters. The lowest BCUT2D eigenvalue weighted by Gasteiger charge is -2.17. The summed E-state index contributed by atoms with van der Waals surface area (Å²) in [6, 6.07) is 17.0. The van der Waals surface area contributed by atoms with Crippen LogP contribution in [-0.2, 0) is 6.42 Å². The lowest BCUT2D eigenvalue weighted by molar-refractivity contribution is 0.789. The van der Waals surface area contributed by atoms with E-state index in [9.17, 15) is 0 Å². The lowest BCUT2D eigenvalue weighted by atomic mass is 9.92. The third-order valence-corrected chi connectivity index (χ3v) is 5.22. The summed E-state index contributed by atoms with van der Waals surface area (Å²) in [4.78, 5) is 4.72. The predicted molar refractivity (Wildman–Crippen MR) is 104 cm³/mol. The highest BCUT2D eigenvalue weighted by Gasteiger charge is 2.12. The summed E-state index contributed by atoms with van der Waals surface area (Å²) < 4.78 is 0. The predicted octanol–water partition coefficient (Wildman–Crippen LogP) is 5.57. The zero-order valence-corrected chi connectivity index (χ0v) is 15.4. The molecule has 0 fully saturated rings. The third kappa shape index (κ3) is 4.04. The molecular formula is C21H24N2S. The highest BCUT2D eigenvalue weighted by atomic mass is 32.1. The quantitative estimate of drug-likeness (QED) is 0.637. The van der Waals surface area contributed by atoms with Gasteiger partial charge < -0.3 is 5.32 Å². The van der Waals surface area contributed by atoms with Gasteiger partial charge in [-0.15, -0.1) is 11.3 Å². The van der Waals surface area contributed by atoms with Crippen LogP contribution in [0.4, 0.5) is 5.13 Å². The van der Waals surface area contributed by atoms with E-state index >= 15 is 0 Å². The second-order valence-electron chi connectivity index (χ2n) is 6.39. The van der Waals surface area contributed by atoms with Crippen molar-refractivity contribution in [2.24, 2.45) is 0 Å². The Bertz CT molecular complexity index is 772. The number of rotatable bonds is 6. The van der Waals surface area contributed by atoms with Crippen molar-refractivity contribution in [1.82, 2.24) is 4.98 Å². The van der Waals surface area contributed by atoms with Gasteiger partial charge in [-0.3, -0.25) is 0 Å². The fraction of sp³-hybridized carbons (Fsp3) is 0.286. The van der Waals surface area contributed by atoms with Crippen molar-refractivity contribution in [3.8, 4) is 0 Å². The summed E-state index contributed by atoms with van der Waals surface area (Å²) in [6.07, 6.45) is 0.894. The Hall–Kier alpha value is -2.13. The molecule has 0 aliphatic rings. The van der Waals surface area contributed by atoms with Crippen LogP contribution >= 0.6 is 11.3 Å². The average molecular weight is 337 g/mol. The molecule has 0 bridgehead atoms. The number of anilines is 1. The molecule has 0 saturated carbocycles. The molecular weight excluding hydrogens is 312 g/mol. The van der Waals surface area contributed by atoms with Gasteiger partial charge in [0.25, 0.3) is 0 Å². The number of thiazole rings is 1. The van der Waals surface area contributed by atoms with Crippen LogP contribution in [0.3, 0.4) is 0 Å². The first kappa shape index (κ1) is 16.7. The van der Waals surface area contributed by atoms with Crippen molar-refractivity contribution in [2.45, 2.75) is 33.1 Å². The Morgan fingerprint density at radius 1 is 1.00 bits per heavy atom. The van der Waals surface area contributed by atoms with Gasteiger partial charge in [0.05, 0.1) is 5.69 Å². The fourth-order valence-electron chi connectivity index (χ4n) is 3.22. The molecule has 124 valence electrons. The van der Waals surface area contributed by atoms with Crippen LogP contribution in [0, 0.1) is 13.8 Å². The Balaban J connectivity index is 1.61. The van der Waals surface area contributed by atoms with Crippen LogP contribution in [0.15, 0.2) is 53.9 Å². The molecule has 0 aliphatic heterocycles. The van der Waals surface area contributed by atoms with Crippen molar-refractivity contribution >= 4 is 16.5 Å². The van der Waals surface area contributed by atoms with Crippen LogP contribution in [0.5, 0.6) is 0 Å². The molecule has 24 heavy (non-hydrogen) atoms. The number of benzene rings is 2. The summed E-state index contributed by atoms with van der Waals surface area (Å²) in [5.74, 6) is 0.465. The minimum atomic E-state index is 0.465. The molecule has 3 heteroatoms. The Labute approximate surface area is 148 Å². The minimum absolute atomic E-state index is 0.465. The smallest absolute Gasteiger partial charge is 0.182 e. The van der Waals surface area contributed by atoms with E-state index in [4.69, 9.17) is 4.98 Å². The lowest BCUT2D eigenvalue weighted by Crippen LogP contribution is -2.12. The van der Waals surface area contributed by atoms with Crippen LogP contribution in [0.1, 0.15) is 40.8 Å². The van der Waals surface area contributed by atoms with E-state index in [0.717, 1.165) is 23.8 Å². The van der Waals surface area contributed by atoms with Gasteiger partial charge in [-0.2, -0.15) is 0 Å². The number of aryl methyl sites for hydroxylation is 2. The van der Waals surface area contributed by atoms with E-state index in [1.807, 2.05) is 6.07 Å². The summed E-state index contributed by atoms with van der Waals surface area (Å²) in [6.45, 7) is 7.57. The largest absolute Gasteiger partial charge is 0.361 e. The SMILES string of the molecule is Cc1cccc(C)c1C(C)CNc1nc(Cc2ccccc2)cs1. The first-order valence-electron chi connectivity index (χ1n) is 8.42. The van der Waals surface area contributed by atoms with Crippen LogP contribution < -0.4 is 5.32 Å². The second kappa shape index (κ2) is 7.63. The van der Waals surface area contributed by atoms with Gasteiger partial charge >= 0.3 is 0 Å². The van der Waals surface area contributed by atoms with Gasteiger partial charge in [0.1, 0.15) is 0 Å². The summed E-state index contributed by atoms with van der Waals surface area (Å²) in [5.41, 5.74) is 6.62. The van der Waals surface area contributed by atoms with E-state index in [1.54, 1.807) is 11.3 Å². The molecule has 1 N–H and O–H groups in total. The third-order valence-electron chi connectivity index (χ3n) is 4.37. The second-order valence-corrected chi connectivity index (χ2v) is 7.25. The highest BCUT2D eigenvalue weighted by Crippen LogP contribution is 2.25. The number of aromatic nitrogens is 1. The van der Waals surface area contributed by atoms with E-state index < -0.39 is 0 Å². The molecule has 0 saturated heterocycles. The van der Waals surface area contributed by atoms with Gasteiger partial charge in [-0.1, -0.05) is 55.5 Å². The minimum Gasteiger partial charge on any atom is -0.361 e. The maximum atomic E-state index is 4.72. The Kier molecular flexibility index (Phi) is 5.31. The van der Waals surface area contributed by atoms with Crippen molar-refractivity contribution < 1.29 is 0 Å². The number of nitrogens with zero attached hydrogens (tertiary/aromatic N) is 1. The van der Waals surface area contributed by atoms with E-state index in [0.29, 0.717) is 5.92 Å². The molecule has 1 aromatic heterocycles. The number of hydrogen-bond donors (Lipinski definition) is 1. The standard InChI is InChI=1S/C21H24N2S/c1-15-8-7-9-16(2)20(15)17(3)13-22-21-23-19(14-24-21)12-18-10-5-4-6-11-18/h4-11,14,17H,12-13H2,1-3H3,(H,22,23). The molecule has 3 rings (SSSR count). The van der Waals surface area contributed by atoms with Crippen LogP contribution in [-0.4, -0.2) is 11.5 Å². The van der Waals surface area contributed by atoms with Crippen molar-refractivity contribution in [2.75, 3.05) is 11.9 Å². The molecule has 1 heterocycles. The van der Waals surface area contributed by atoms with Gasteiger partial charge in [0.15, 0.2) is 5.13 Å². The normalized spacial score (nSPS) is 12.1. The average Bonchev–Trinajstić information content (AvgIpc) is 3.01. The molecule has 2 nitrogen and oxygen atoms in total. The zero-order chi connectivity index (χ0) is 16.9. The van der Waals surface area contributed by atoms with Crippen LogP contribution in [0.25, 0.3) is 0 Å². The number of nitrogens with one attached hydrogen (secondary N) is 1. The fourth-order valence-corrected chi connectivity index (χ4v) is 3.94. The summed E-state index contributed by atoms with van der Waals surface area (Å²) in [5, 5.41) is 6.68. The topological polar surface area (TPSA) is 24.9 Å². The highest BCUT2D eigenvalue weighted by molar-refractivity contribution is 7.13. The number of hydrogen-bond acceptors (Lipinski definition) is 3. The first-order chi connectivity index (χ1) is 11.6. The van der Waals surface area contributed by atoms with Gasteiger partial charge in [-0.05, 0) is 42.0 Å². The molecule has 3 aromatic rings. The van der Waals surface area contributed by atoms with E-state index in [1.165, 1.54) is 22.3 Å². The van der Waals surface area contributed by atoms with Crippen molar-refractivity contribution in [1.29, 1.82) is 0 Å². The van der Waals surface area contributed by atoms with E-state index in [2.05, 4.69) is 73.9 Å². The molecule has 2 aromatic carbocycles. The van der Waals surface area contributed by atoms with Gasteiger partial charge in [0, 0.05) is 18.3 Å². The Morgan fingerprint density at radius 3 is 2.42 bits per heavy atom. The molecule has 1 atom stereocenters. The maximum absolute atomic E-state index is 4.72. The first-order valence-corrected chi connectivity index (χ1v) is 9.30. The molecule has 0 spiro atoms. The monoisotopic (exact) mass is 336 g/mol. The molecule has 0 radical (unpaired) electrons. The maximum Gasteiger partial charge on any atom is 0.182 e. The zero-order valence-electron chi connectivity index (χ0n) is 14.5. The van der Waals surface area contributed by atoms with Crippen LogP contribution in [0.2, 0.25) is 0 Å². The van der Waals surface area contributed by atoms with E-state index in [-0.39, 0.29) is 0 Å².